The van der Waals surface area contributed by atoms with Gasteiger partial charge in [-0.2, -0.15) is 0 Å². The maximum absolute atomic E-state index is 12.1. The van der Waals surface area contributed by atoms with Crippen LogP contribution >= 0.6 is 0 Å². The van der Waals surface area contributed by atoms with Gasteiger partial charge < -0.3 is 0 Å². The van der Waals surface area contributed by atoms with E-state index in [9.17, 15) is 8.87 Å². The molecule has 0 unspecified atom stereocenters. The molecule has 9 heavy (non-hydrogen) atoms. The van der Waals surface area contributed by atoms with Gasteiger partial charge >= 0.3 is 0 Å². The first-order valence-electron chi connectivity index (χ1n) is 2.45. The Morgan fingerprint density at radius 1 is 1.11 bits per heavy atom. The molecular weight excluding hydrogens is 124 g/mol. The van der Waals surface area contributed by atoms with E-state index in [1.165, 1.54) is 29.8 Å². The van der Waals surface area contributed by atoms with Gasteiger partial charge in [-0.15, -0.1) is 4.48 Å². The summed E-state index contributed by atoms with van der Waals surface area (Å²) >= 11 is 0. The third-order valence-corrected chi connectivity index (χ3v) is 0.953. The van der Waals surface area contributed by atoms with E-state index in [0.717, 1.165) is 0 Å². The monoisotopic (exact) mass is 129 g/mol. The van der Waals surface area contributed by atoms with Crippen LogP contribution in [0, 0.1) is 5.82 Å². The minimum atomic E-state index is -0.367. The van der Waals surface area contributed by atoms with Gasteiger partial charge in [0.05, 0.1) is 5.69 Å². The number of hydrogen-bond donors (Lipinski definition) is 1. The summed E-state index contributed by atoms with van der Waals surface area (Å²) in [5, 5.41) is 0. The topological polar surface area (TPSA) is 12.0 Å². The molecule has 0 spiro atoms. The molecule has 0 atom stereocenters. The molecule has 0 aliphatic heterocycles. The molecule has 0 aliphatic carbocycles. The van der Waals surface area contributed by atoms with Crippen LogP contribution in [0.4, 0.5) is 14.6 Å². The first-order chi connectivity index (χ1) is 4.33. The standard InChI is InChI=1S/C6H5F2N/c7-5-1-3-6(9-8)4-2-5/h1-4,9H. The zero-order valence-corrected chi connectivity index (χ0v) is 4.57. The molecule has 0 amide bonds. The first kappa shape index (κ1) is 6.01. The molecule has 0 saturated carbocycles. The molecule has 0 aromatic heterocycles. The van der Waals surface area contributed by atoms with Crippen LogP contribution in [-0.2, 0) is 0 Å². The predicted molar refractivity (Wildman–Crippen MR) is 31.1 cm³/mol. The van der Waals surface area contributed by atoms with Crippen LogP contribution in [0.25, 0.3) is 0 Å². The Bertz CT molecular complexity index is 183. The molecule has 0 fully saturated rings. The maximum Gasteiger partial charge on any atom is 0.123 e. The Balaban J connectivity index is 2.88. The second kappa shape index (κ2) is 2.44. The second-order valence-corrected chi connectivity index (χ2v) is 1.60. The number of nitrogens with one attached hydrogen (secondary N) is 1. The van der Waals surface area contributed by atoms with E-state index in [4.69, 9.17) is 0 Å². The zero-order chi connectivity index (χ0) is 6.69. The highest BCUT2D eigenvalue weighted by molar-refractivity contribution is 5.40. The predicted octanol–water partition coefficient (Wildman–Crippen LogP) is 2.12. The van der Waals surface area contributed by atoms with Crippen molar-refractivity contribution in [2.45, 2.75) is 0 Å². The van der Waals surface area contributed by atoms with Crippen molar-refractivity contribution in [2.75, 3.05) is 5.54 Å². The van der Waals surface area contributed by atoms with Crippen molar-refractivity contribution >= 4 is 5.69 Å². The summed E-state index contributed by atoms with van der Waals surface area (Å²) < 4.78 is 23.6. The maximum atomic E-state index is 12.1. The normalized spacial score (nSPS) is 9.11. The molecule has 0 heterocycles. The van der Waals surface area contributed by atoms with Crippen LogP contribution < -0.4 is 5.54 Å². The lowest BCUT2D eigenvalue weighted by molar-refractivity contribution is 0.612. The largest absolute Gasteiger partial charge is 0.225 e. The van der Waals surface area contributed by atoms with Gasteiger partial charge in [-0.1, -0.05) is 0 Å². The van der Waals surface area contributed by atoms with Crippen LogP contribution in [0.1, 0.15) is 0 Å². The van der Waals surface area contributed by atoms with Crippen molar-refractivity contribution in [3.8, 4) is 0 Å². The number of anilines is 1. The molecule has 1 nitrogen and oxygen atoms in total. The van der Waals surface area contributed by atoms with E-state index in [1.807, 2.05) is 0 Å². The van der Waals surface area contributed by atoms with Crippen molar-refractivity contribution in [1.29, 1.82) is 0 Å². The Labute approximate surface area is 51.2 Å². The molecule has 0 radical (unpaired) electrons. The summed E-state index contributed by atoms with van der Waals surface area (Å²) in [5.41, 5.74) is 1.65. The van der Waals surface area contributed by atoms with E-state index >= 15 is 0 Å². The summed E-state index contributed by atoms with van der Waals surface area (Å²) in [4.78, 5) is 0. The van der Waals surface area contributed by atoms with Crippen molar-refractivity contribution in [1.82, 2.24) is 0 Å². The molecule has 1 aromatic rings. The van der Waals surface area contributed by atoms with Gasteiger partial charge in [-0.05, 0) is 24.3 Å². The molecule has 1 N–H and O–H groups in total. The average Bonchev–Trinajstić information content (AvgIpc) is 1.90. The third-order valence-electron chi connectivity index (χ3n) is 0.953. The van der Waals surface area contributed by atoms with Crippen LogP contribution in [0.3, 0.4) is 0 Å². The average molecular weight is 129 g/mol. The fourth-order valence-corrected chi connectivity index (χ4v) is 0.513. The summed E-state index contributed by atoms with van der Waals surface area (Å²) in [5.74, 6) is -0.367. The van der Waals surface area contributed by atoms with E-state index in [0.29, 0.717) is 0 Å². The highest BCUT2D eigenvalue weighted by Gasteiger charge is 1.88. The van der Waals surface area contributed by atoms with Crippen molar-refractivity contribution in [3.05, 3.63) is 30.1 Å². The lowest BCUT2D eigenvalue weighted by Crippen LogP contribution is -1.80. The Kier molecular flexibility index (Phi) is 1.63. The summed E-state index contributed by atoms with van der Waals surface area (Å²) in [6, 6.07) is 4.99. The first-order valence-corrected chi connectivity index (χ1v) is 2.45. The zero-order valence-electron chi connectivity index (χ0n) is 4.57. The number of rotatable bonds is 1. The molecule has 0 saturated heterocycles. The number of benzene rings is 1. The van der Waals surface area contributed by atoms with Crippen LogP contribution in [0.5, 0.6) is 0 Å². The van der Waals surface area contributed by atoms with Gasteiger partial charge in [0.25, 0.3) is 0 Å². The molecule has 0 bridgehead atoms. The second-order valence-electron chi connectivity index (χ2n) is 1.60. The van der Waals surface area contributed by atoms with E-state index < -0.39 is 0 Å². The Hall–Kier alpha value is -1.12. The lowest BCUT2D eigenvalue weighted by Gasteiger charge is -1.92. The van der Waals surface area contributed by atoms with Crippen LogP contribution in [-0.4, -0.2) is 0 Å². The molecule has 48 valence electrons. The third kappa shape index (κ3) is 1.38. The quantitative estimate of drug-likeness (QED) is 0.572. The van der Waals surface area contributed by atoms with Crippen LogP contribution in [0.2, 0.25) is 0 Å². The van der Waals surface area contributed by atoms with Crippen molar-refractivity contribution in [3.63, 3.8) is 0 Å². The molecule has 0 aliphatic rings. The van der Waals surface area contributed by atoms with Gasteiger partial charge in [-0.3, -0.25) is 0 Å². The number of halogens is 2. The van der Waals surface area contributed by atoms with E-state index in [-0.39, 0.29) is 11.5 Å². The molecule has 1 aromatic carbocycles. The Morgan fingerprint density at radius 3 is 2.11 bits per heavy atom. The van der Waals surface area contributed by atoms with E-state index in [1.54, 1.807) is 0 Å². The minimum absolute atomic E-state index is 0.261. The highest BCUT2D eigenvalue weighted by Crippen LogP contribution is 2.06. The SMILES string of the molecule is FNc1ccc(F)cc1. The summed E-state index contributed by atoms with van der Waals surface area (Å²) in [6.07, 6.45) is 0. The highest BCUT2D eigenvalue weighted by atomic mass is 19.2. The fourth-order valence-electron chi connectivity index (χ4n) is 0.513. The molecule has 1 rings (SSSR count). The van der Waals surface area contributed by atoms with E-state index in [2.05, 4.69) is 0 Å². The number of hydrogen-bond acceptors (Lipinski definition) is 1. The van der Waals surface area contributed by atoms with Crippen molar-refractivity contribution in [2.24, 2.45) is 0 Å². The van der Waals surface area contributed by atoms with Gasteiger partial charge in [-0.25, -0.2) is 9.93 Å². The van der Waals surface area contributed by atoms with Gasteiger partial charge in [0, 0.05) is 0 Å². The van der Waals surface area contributed by atoms with Gasteiger partial charge in [0.2, 0.25) is 0 Å². The molecular formula is C6H5F2N. The minimum Gasteiger partial charge on any atom is -0.225 e. The lowest BCUT2D eigenvalue weighted by atomic mass is 10.3. The Morgan fingerprint density at radius 2 is 1.67 bits per heavy atom. The molecule has 3 heteroatoms. The van der Waals surface area contributed by atoms with Crippen LogP contribution in [0.15, 0.2) is 24.3 Å². The van der Waals surface area contributed by atoms with Gasteiger partial charge in [0.1, 0.15) is 5.82 Å². The van der Waals surface area contributed by atoms with Gasteiger partial charge in [0.15, 0.2) is 0 Å². The summed E-state index contributed by atoms with van der Waals surface area (Å²) in [7, 11) is 0. The van der Waals surface area contributed by atoms with Crippen molar-refractivity contribution < 1.29 is 8.87 Å². The summed E-state index contributed by atoms with van der Waals surface area (Å²) in [6.45, 7) is 0. The smallest absolute Gasteiger partial charge is 0.123 e. The fraction of sp³-hybridized carbons (Fsp3) is 0.